The zero-order valence-corrected chi connectivity index (χ0v) is 12.8. The van der Waals surface area contributed by atoms with Gasteiger partial charge in [0.15, 0.2) is 0 Å². The molecule has 0 unspecified atom stereocenters. The first-order valence-electron chi connectivity index (χ1n) is 6.38. The van der Waals surface area contributed by atoms with Gasteiger partial charge in [-0.15, -0.1) is 0 Å². The summed E-state index contributed by atoms with van der Waals surface area (Å²) in [5.41, 5.74) is -3.97. The van der Waals surface area contributed by atoms with Gasteiger partial charge in [-0.05, 0) is 35.9 Å². The summed E-state index contributed by atoms with van der Waals surface area (Å²) in [4.78, 5) is 3.16. The number of hydrogen-bond donors (Lipinski definition) is 1. The van der Waals surface area contributed by atoms with Crippen molar-refractivity contribution in [1.82, 2.24) is 4.98 Å². The van der Waals surface area contributed by atoms with E-state index in [9.17, 15) is 21.6 Å². The van der Waals surface area contributed by atoms with Crippen molar-refractivity contribution in [2.24, 2.45) is 0 Å². The Bertz CT molecular complexity index is 775. The van der Waals surface area contributed by atoms with E-state index in [-0.39, 0.29) is 0 Å². The Balaban J connectivity index is 2.09. The highest BCUT2D eigenvalue weighted by Crippen LogP contribution is 2.30. The van der Waals surface area contributed by atoms with Crippen LogP contribution in [0.1, 0.15) is 5.56 Å². The molecule has 0 saturated heterocycles. The van der Waals surface area contributed by atoms with Crippen LogP contribution in [0.15, 0.2) is 47.5 Å². The van der Waals surface area contributed by atoms with Crippen LogP contribution < -0.4 is 10.1 Å². The molecule has 1 N–H and O–H groups in total. The molecule has 1 heterocycles. The maximum Gasteiger partial charge on any atom is 0.501 e. The summed E-state index contributed by atoms with van der Waals surface area (Å²) < 4.78 is 64.8. The van der Waals surface area contributed by atoms with Gasteiger partial charge in [-0.25, -0.2) is 13.4 Å². The predicted octanol–water partition coefficient (Wildman–Crippen LogP) is 3.00. The lowest BCUT2D eigenvalue weighted by molar-refractivity contribution is -0.0436. The van der Waals surface area contributed by atoms with Gasteiger partial charge in [0.05, 0.1) is 12.0 Å². The molecule has 23 heavy (non-hydrogen) atoms. The molecule has 1 aromatic carbocycles. The Morgan fingerprint density at radius 2 is 1.83 bits per heavy atom. The van der Waals surface area contributed by atoms with Crippen LogP contribution in [-0.4, -0.2) is 26.0 Å². The molecular formula is C14H13F3N2O3S. The van der Waals surface area contributed by atoms with Crippen LogP contribution in [0.4, 0.5) is 18.9 Å². The number of hydrogen-bond acceptors (Lipinski definition) is 5. The van der Waals surface area contributed by atoms with E-state index in [1.807, 2.05) is 0 Å². The summed E-state index contributed by atoms with van der Waals surface area (Å²) in [6.07, 6.45) is 1.56. The van der Waals surface area contributed by atoms with Crippen molar-refractivity contribution >= 4 is 15.5 Å². The van der Waals surface area contributed by atoms with Crippen molar-refractivity contribution in [1.29, 1.82) is 0 Å². The molecule has 0 aliphatic rings. The van der Waals surface area contributed by atoms with Crippen LogP contribution in [0.3, 0.4) is 0 Å². The van der Waals surface area contributed by atoms with Crippen LogP contribution >= 0.6 is 0 Å². The lowest BCUT2D eigenvalue weighted by Gasteiger charge is -2.10. The van der Waals surface area contributed by atoms with E-state index in [4.69, 9.17) is 4.74 Å². The number of benzene rings is 1. The quantitative estimate of drug-likeness (QED) is 0.901. The molecule has 2 aromatic rings. The minimum Gasteiger partial charge on any atom is -0.481 e. The molecule has 0 amide bonds. The molecule has 0 bridgehead atoms. The van der Waals surface area contributed by atoms with Gasteiger partial charge >= 0.3 is 5.51 Å². The van der Waals surface area contributed by atoms with E-state index >= 15 is 0 Å². The van der Waals surface area contributed by atoms with E-state index in [2.05, 4.69) is 10.3 Å². The van der Waals surface area contributed by atoms with E-state index in [0.717, 1.165) is 17.7 Å². The maximum absolute atomic E-state index is 12.4. The van der Waals surface area contributed by atoms with Gasteiger partial charge in [0.1, 0.15) is 0 Å². The maximum atomic E-state index is 12.4. The highest BCUT2D eigenvalue weighted by atomic mass is 32.2. The number of aromatic nitrogens is 1. The second-order valence-electron chi connectivity index (χ2n) is 4.53. The molecule has 0 atom stereocenters. The average molecular weight is 346 g/mol. The first kappa shape index (κ1) is 17.1. The van der Waals surface area contributed by atoms with E-state index < -0.39 is 20.2 Å². The summed E-state index contributed by atoms with van der Waals surface area (Å²) in [5.74, 6) is 0.441. The van der Waals surface area contributed by atoms with Crippen LogP contribution in [0.2, 0.25) is 0 Å². The number of nitrogens with zero attached hydrogens (tertiary/aromatic N) is 1. The molecule has 0 radical (unpaired) electrons. The molecule has 0 spiro atoms. The predicted molar refractivity (Wildman–Crippen MR) is 77.8 cm³/mol. The van der Waals surface area contributed by atoms with Crippen LogP contribution in [0.5, 0.6) is 5.88 Å². The average Bonchev–Trinajstić information content (AvgIpc) is 2.52. The molecule has 9 heteroatoms. The largest absolute Gasteiger partial charge is 0.501 e. The van der Waals surface area contributed by atoms with Crippen molar-refractivity contribution in [3.63, 3.8) is 0 Å². The Hall–Kier alpha value is -2.29. The van der Waals surface area contributed by atoms with Crippen molar-refractivity contribution < 1.29 is 26.3 Å². The van der Waals surface area contributed by atoms with Gasteiger partial charge in [-0.2, -0.15) is 13.2 Å². The number of pyridine rings is 1. The fraction of sp³-hybridized carbons (Fsp3) is 0.214. The molecule has 2 rings (SSSR count). The third-order valence-corrected chi connectivity index (χ3v) is 4.48. The molecule has 0 fully saturated rings. The number of alkyl halides is 3. The fourth-order valence-electron chi connectivity index (χ4n) is 1.76. The fourth-order valence-corrected chi connectivity index (χ4v) is 2.52. The highest BCUT2D eigenvalue weighted by Gasteiger charge is 2.46. The first-order valence-corrected chi connectivity index (χ1v) is 7.86. The molecular weight excluding hydrogens is 333 g/mol. The summed E-state index contributed by atoms with van der Waals surface area (Å²) in [6.45, 7) is 0.379. The third kappa shape index (κ3) is 3.92. The zero-order chi connectivity index (χ0) is 17.1. The van der Waals surface area contributed by atoms with Gasteiger partial charge in [-0.1, -0.05) is 0 Å². The summed E-state index contributed by atoms with van der Waals surface area (Å²) in [6, 6.07) is 7.83. The first-order chi connectivity index (χ1) is 10.7. The monoisotopic (exact) mass is 346 g/mol. The van der Waals surface area contributed by atoms with Crippen LogP contribution in [0.25, 0.3) is 0 Å². The van der Waals surface area contributed by atoms with E-state index in [1.165, 1.54) is 19.2 Å². The third-order valence-electron chi connectivity index (χ3n) is 2.97. The topological polar surface area (TPSA) is 68.3 Å². The second kappa shape index (κ2) is 6.45. The molecule has 0 aliphatic carbocycles. The summed E-state index contributed by atoms with van der Waals surface area (Å²) in [7, 11) is -3.84. The van der Waals surface area contributed by atoms with Gasteiger partial charge in [0.2, 0.25) is 5.88 Å². The molecule has 1 aromatic heterocycles. The summed E-state index contributed by atoms with van der Waals surface area (Å²) in [5, 5.41) is 2.97. The van der Waals surface area contributed by atoms with E-state index in [0.29, 0.717) is 18.1 Å². The Morgan fingerprint density at radius 1 is 1.17 bits per heavy atom. The van der Waals surface area contributed by atoms with Gasteiger partial charge in [-0.3, -0.25) is 0 Å². The smallest absolute Gasteiger partial charge is 0.481 e. The van der Waals surface area contributed by atoms with Crippen molar-refractivity contribution in [3.8, 4) is 5.88 Å². The van der Waals surface area contributed by atoms with Gasteiger partial charge < -0.3 is 10.1 Å². The Labute approximate surface area is 131 Å². The normalized spacial score (nSPS) is 12.0. The van der Waals surface area contributed by atoms with Gasteiger partial charge in [0.25, 0.3) is 9.84 Å². The minimum absolute atomic E-state index is 0.379. The lowest BCUT2D eigenvalue weighted by atomic mass is 10.2. The van der Waals surface area contributed by atoms with Crippen molar-refractivity contribution in [2.75, 3.05) is 12.4 Å². The summed E-state index contributed by atoms with van der Waals surface area (Å²) >= 11 is 0. The van der Waals surface area contributed by atoms with Crippen LogP contribution in [-0.2, 0) is 16.4 Å². The number of halogens is 3. The number of ether oxygens (including phenoxy) is 1. The number of anilines is 1. The Kier molecular flexibility index (Phi) is 4.79. The van der Waals surface area contributed by atoms with Crippen LogP contribution in [0, 0.1) is 0 Å². The Morgan fingerprint density at radius 3 is 2.39 bits per heavy atom. The number of methoxy groups -OCH3 is 1. The lowest BCUT2D eigenvalue weighted by Crippen LogP contribution is -2.23. The van der Waals surface area contributed by atoms with E-state index in [1.54, 1.807) is 18.3 Å². The van der Waals surface area contributed by atoms with Crippen molar-refractivity contribution in [3.05, 3.63) is 48.2 Å². The molecule has 5 nitrogen and oxygen atoms in total. The number of rotatable bonds is 5. The standard InChI is InChI=1S/C14H13F3N2O3S/c1-22-13-8-10(6-7-18-13)9-19-11-2-4-12(5-3-11)23(20,21)14(15,16)17/h2-8,19H,9H2,1H3. The van der Waals surface area contributed by atoms with Crippen molar-refractivity contribution in [2.45, 2.75) is 16.9 Å². The second-order valence-corrected chi connectivity index (χ2v) is 6.47. The molecule has 124 valence electrons. The van der Waals surface area contributed by atoms with Gasteiger partial charge in [0, 0.05) is 24.5 Å². The molecule has 0 saturated carbocycles. The number of nitrogens with one attached hydrogen (secondary N) is 1. The SMILES string of the molecule is COc1cc(CNc2ccc(S(=O)(=O)C(F)(F)F)cc2)ccn1. The minimum atomic E-state index is -5.32. The zero-order valence-electron chi connectivity index (χ0n) is 12.0. The highest BCUT2D eigenvalue weighted by molar-refractivity contribution is 7.92. The number of sulfone groups is 1. The molecule has 0 aliphatic heterocycles.